The summed E-state index contributed by atoms with van der Waals surface area (Å²) >= 11 is 0. The van der Waals surface area contributed by atoms with Gasteiger partial charge in [-0.1, -0.05) is 29.8 Å². The van der Waals surface area contributed by atoms with E-state index in [1.165, 1.54) is 17.5 Å². The highest BCUT2D eigenvalue weighted by molar-refractivity contribution is 5.23. The molecule has 15 heavy (non-hydrogen) atoms. The van der Waals surface area contributed by atoms with Crippen LogP contribution in [0.1, 0.15) is 24.0 Å². The molecule has 0 amide bonds. The SMILES string of the molecule is Cc1cccc(CC(O)C2CCCN2)c1. The van der Waals surface area contributed by atoms with Crippen LogP contribution >= 0.6 is 0 Å². The van der Waals surface area contributed by atoms with Crippen LogP contribution in [0.2, 0.25) is 0 Å². The van der Waals surface area contributed by atoms with E-state index in [-0.39, 0.29) is 6.10 Å². The minimum Gasteiger partial charge on any atom is -0.391 e. The molecule has 0 bridgehead atoms. The van der Waals surface area contributed by atoms with Gasteiger partial charge in [0.2, 0.25) is 0 Å². The smallest absolute Gasteiger partial charge is 0.0733 e. The van der Waals surface area contributed by atoms with Gasteiger partial charge < -0.3 is 10.4 Å². The molecule has 0 saturated carbocycles. The summed E-state index contributed by atoms with van der Waals surface area (Å²) in [6.45, 7) is 3.14. The third-order valence-electron chi connectivity index (χ3n) is 3.09. The Morgan fingerprint density at radius 3 is 3.07 bits per heavy atom. The average Bonchev–Trinajstić information content (AvgIpc) is 2.70. The van der Waals surface area contributed by atoms with E-state index in [9.17, 15) is 5.11 Å². The van der Waals surface area contributed by atoms with E-state index in [0.29, 0.717) is 6.04 Å². The van der Waals surface area contributed by atoms with E-state index in [0.717, 1.165) is 19.4 Å². The van der Waals surface area contributed by atoms with Crippen molar-refractivity contribution in [2.45, 2.75) is 38.3 Å². The highest BCUT2D eigenvalue weighted by Crippen LogP contribution is 2.14. The van der Waals surface area contributed by atoms with Gasteiger partial charge in [0.1, 0.15) is 0 Å². The monoisotopic (exact) mass is 205 g/mol. The van der Waals surface area contributed by atoms with Crippen molar-refractivity contribution in [1.29, 1.82) is 0 Å². The lowest BCUT2D eigenvalue weighted by Gasteiger charge is -2.18. The van der Waals surface area contributed by atoms with Crippen molar-refractivity contribution in [3.8, 4) is 0 Å². The molecule has 2 rings (SSSR count). The standard InChI is InChI=1S/C13H19NO/c1-10-4-2-5-11(8-10)9-13(15)12-6-3-7-14-12/h2,4-5,8,12-15H,3,6-7,9H2,1H3. The van der Waals surface area contributed by atoms with Crippen molar-refractivity contribution in [2.24, 2.45) is 0 Å². The summed E-state index contributed by atoms with van der Waals surface area (Å²) in [6.07, 6.45) is 2.82. The predicted molar refractivity (Wildman–Crippen MR) is 61.9 cm³/mol. The van der Waals surface area contributed by atoms with Crippen molar-refractivity contribution in [3.63, 3.8) is 0 Å². The van der Waals surface area contributed by atoms with Gasteiger partial charge >= 0.3 is 0 Å². The van der Waals surface area contributed by atoms with E-state index in [2.05, 4.69) is 36.5 Å². The minimum absolute atomic E-state index is 0.241. The maximum absolute atomic E-state index is 10.0. The minimum atomic E-state index is -0.241. The number of rotatable bonds is 3. The van der Waals surface area contributed by atoms with Crippen LogP contribution in [0.4, 0.5) is 0 Å². The van der Waals surface area contributed by atoms with E-state index in [1.54, 1.807) is 0 Å². The fourth-order valence-corrected chi connectivity index (χ4v) is 2.26. The molecule has 2 atom stereocenters. The summed E-state index contributed by atoms with van der Waals surface area (Å²) < 4.78 is 0. The Morgan fingerprint density at radius 2 is 2.40 bits per heavy atom. The van der Waals surface area contributed by atoms with Crippen molar-refractivity contribution < 1.29 is 5.11 Å². The molecule has 82 valence electrons. The molecule has 0 spiro atoms. The van der Waals surface area contributed by atoms with Gasteiger partial charge in [0, 0.05) is 6.04 Å². The van der Waals surface area contributed by atoms with Crippen LogP contribution in [0.3, 0.4) is 0 Å². The lowest BCUT2D eigenvalue weighted by molar-refractivity contribution is 0.136. The van der Waals surface area contributed by atoms with Crippen LogP contribution in [0.5, 0.6) is 0 Å². The van der Waals surface area contributed by atoms with E-state index in [4.69, 9.17) is 0 Å². The first kappa shape index (κ1) is 10.7. The zero-order valence-corrected chi connectivity index (χ0v) is 9.24. The average molecular weight is 205 g/mol. The fraction of sp³-hybridized carbons (Fsp3) is 0.538. The van der Waals surface area contributed by atoms with Gasteiger partial charge in [-0.3, -0.25) is 0 Å². The predicted octanol–water partition coefficient (Wildman–Crippen LogP) is 1.65. The topological polar surface area (TPSA) is 32.3 Å². The molecule has 2 unspecified atom stereocenters. The highest BCUT2D eigenvalue weighted by atomic mass is 16.3. The third kappa shape index (κ3) is 2.80. The Balaban J connectivity index is 1.95. The zero-order chi connectivity index (χ0) is 10.7. The number of benzene rings is 1. The number of aliphatic hydroxyl groups is 1. The summed E-state index contributed by atoms with van der Waals surface area (Å²) in [6, 6.07) is 8.68. The lowest BCUT2D eigenvalue weighted by Crippen LogP contribution is -2.36. The highest BCUT2D eigenvalue weighted by Gasteiger charge is 2.22. The Hall–Kier alpha value is -0.860. The van der Waals surface area contributed by atoms with Crippen molar-refractivity contribution in [2.75, 3.05) is 6.54 Å². The molecule has 1 aromatic rings. The van der Waals surface area contributed by atoms with Crippen molar-refractivity contribution in [1.82, 2.24) is 5.32 Å². The number of hydrogen-bond acceptors (Lipinski definition) is 2. The van der Waals surface area contributed by atoms with Gasteiger partial charge in [0.25, 0.3) is 0 Å². The van der Waals surface area contributed by atoms with Crippen LogP contribution in [0.15, 0.2) is 24.3 Å². The fourth-order valence-electron chi connectivity index (χ4n) is 2.26. The normalized spacial score (nSPS) is 22.9. The molecule has 1 aromatic carbocycles. The first-order chi connectivity index (χ1) is 7.25. The molecule has 1 heterocycles. The Labute approximate surface area is 91.3 Å². The number of nitrogens with one attached hydrogen (secondary N) is 1. The molecule has 1 fully saturated rings. The molecular weight excluding hydrogens is 186 g/mol. The molecule has 0 aromatic heterocycles. The van der Waals surface area contributed by atoms with E-state index < -0.39 is 0 Å². The molecule has 2 nitrogen and oxygen atoms in total. The molecule has 1 aliphatic heterocycles. The summed E-state index contributed by atoms with van der Waals surface area (Å²) in [5, 5.41) is 13.4. The van der Waals surface area contributed by atoms with Gasteiger partial charge in [-0.25, -0.2) is 0 Å². The Bertz CT molecular complexity index is 318. The van der Waals surface area contributed by atoms with Crippen LogP contribution < -0.4 is 5.32 Å². The van der Waals surface area contributed by atoms with Gasteiger partial charge in [0.05, 0.1) is 6.10 Å². The lowest BCUT2D eigenvalue weighted by atomic mass is 10.00. The van der Waals surface area contributed by atoms with Crippen molar-refractivity contribution in [3.05, 3.63) is 35.4 Å². The van der Waals surface area contributed by atoms with Crippen LogP contribution in [0.25, 0.3) is 0 Å². The zero-order valence-electron chi connectivity index (χ0n) is 9.24. The molecule has 0 radical (unpaired) electrons. The van der Waals surface area contributed by atoms with Gasteiger partial charge in [0.15, 0.2) is 0 Å². The van der Waals surface area contributed by atoms with Crippen LogP contribution in [-0.2, 0) is 6.42 Å². The second-order valence-electron chi connectivity index (χ2n) is 4.46. The number of aryl methyl sites for hydroxylation is 1. The van der Waals surface area contributed by atoms with E-state index >= 15 is 0 Å². The summed E-state index contributed by atoms with van der Waals surface area (Å²) in [4.78, 5) is 0. The maximum atomic E-state index is 10.0. The quantitative estimate of drug-likeness (QED) is 0.786. The summed E-state index contributed by atoms with van der Waals surface area (Å²) in [7, 11) is 0. The van der Waals surface area contributed by atoms with Crippen LogP contribution in [-0.4, -0.2) is 23.8 Å². The number of hydrogen-bond donors (Lipinski definition) is 2. The van der Waals surface area contributed by atoms with Gasteiger partial charge in [-0.2, -0.15) is 0 Å². The summed E-state index contributed by atoms with van der Waals surface area (Å²) in [5.74, 6) is 0. The first-order valence-electron chi connectivity index (χ1n) is 5.73. The van der Waals surface area contributed by atoms with E-state index in [1.807, 2.05) is 0 Å². The molecule has 2 N–H and O–H groups in total. The second kappa shape index (κ2) is 4.77. The first-order valence-corrected chi connectivity index (χ1v) is 5.73. The molecule has 0 aliphatic carbocycles. The largest absolute Gasteiger partial charge is 0.391 e. The Kier molecular flexibility index (Phi) is 3.39. The summed E-state index contributed by atoms with van der Waals surface area (Å²) in [5.41, 5.74) is 2.50. The molecular formula is C13H19NO. The van der Waals surface area contributed by atoms with Gasteiger partial charge in [-0.15, -0.1) is 0 Å². The molecule has 1 aliphatic rings. The number of aliphatic hydroxyl groups excluding tert-OH is 1. The van der Waals surface area contributed by atoms with Crippen molar-refractivity contribution >= 4 is 0 Å². The maximum Gasteiger partial charge on any atom is 0.0733 e. The molecule has 1 saturated heterocycles. The van der Waals surface area contributed by atoms with Crippen LogP contribution in [0, 0.1) is 6.92 Å². The third-order valence-corrected chi connectivity index (χ3v) is 3.09. The second-order valence-corrected chi connectivity index (χ2v) is 4.46. The molecule has 2 heteroatoms. The Morgan fingerprint density at radius 1 is 1.53 bits per heavy atom. The van der Waals surface area contributed by atoms with Gasteiger partial charge in [-0.05, 0) is 38.3 Å².